The van der Waals surface area contributed by atoms with Crippen molar-refractivity contribution in [3.8, 4) is 0 Å². The van der Waals surface area contributed by atoms with Gasteiger partial charge in [0.2, 0.25) is 0 Å². The van der Waals surface area contributed by atoms with Gasteiger partial charge in [-0.25, -0.2) is 9.97 Å². The van der Waals surface area contributed by atoms with Crippen LogP contribution < -0.4 is 0 Å². The van der Waals surface area contributed by atoms with Crippen LogP contribution in [0.4, 0.5) is 0 Å². The fourth-order valence-electron chi connectivity index (χ4n) is 2.81. The summed E-state index contributed by atoms with van der Waals surface area (Å²) in [7, 11) is 0. The molecular formula is C14H21N5S. The van der Waals surface area contributed by atoms with Crippen LogP contribution in [0.25, 0.3) is 0 Å². The molecule has 1 aliphatic heterocycles. The molecule has 5 nitrogen and oxygen atoms in total. The molecule has 1 saturated heterocycles. The minimum absolute atomic E-state index is 0.563. The van der Waals surface area contributed by atoms with Crippen LogP contribution in [0.1, 0.15) is 36.9 Å². The summed E-state index contributed by atoms with van der Waals surface area (Å²) in [4.78, 5) is 11.3. The Balaban J connectivity index is 1.60. The number of aryl methyl sites for hydroxylation is 1. The summed E-state index contributed by atoms with van der Waals surface area (Å²) in [5.41, 5.74) is 1.23. The van der Waals surface area contributed by atoms with Gasteiger partial charge in [-0.2, -0.15) is 5.10 Å². The lowest BCUT2D eigenvalue weighted by atomic mass is 10.2. The van der Waals surface area contributed by atoms with E-state index in [1.807, 2.05) is 4.68 Å². The van der Waals surface area contributed by atoms with Crippen molar-refractivity contribution in [2.75, 3.05) is 6.54 Å². The number of hydrogen-bond donors (Lipinski definition) is 0. The molecule has 0 aliphatic carbocycles. The van der Waals surface area contributed by atoms with Crippen molar-refractivity contribution in [1.82, 2.24) is 24.6 Å². The Morgan fingerprint density at radius 2 is 2.40 bits per heavy atom. The van der Waals surface area contributed by atoms with Crippen LogP contribution in [0.5, 0.6) is 0 Å². The Bertz CT molecular complexity index is 521. The van der Waals surface area contributed by atoms with E-state index < -0.39 is 0 Å². The van der Waals surface area contributed by atoms with Crippen molar-refractivity contribution < 1.29 is 0 Å². The Kier molecular flexibility index (Phi) is 4.42. The Morgan fingerprint density at radius 1 is 1.45 bits per heavy atom. The van der Waals surface area contributed by atoms with Gasteiger partial charge in [0.05, 0.1) is 17.2 Å². The van der Waals surface area contributed by atoms with E-state index in [0.717, 1.165) is 19.5 Å². The van der Waals surface area contributed by atoms with Crippen LogP contribution in [0.2, 0.25) is 0 Å². The molecule has 3 heterocycles. The van der Waals surface area contributed by atoms with Crippen molar-refractivity contribution in [2.45, 2.75) is 51.7 Å². The number of hydrogen-bond acceptors (Lipinski definition) is 5. The quantitative estimate of drug-likeness (QED) is 0.819. The highest BCUT2D eigenvalue weighted by molar-refractivity contribution is 7.09. The van der Waals surface area contributed by atoms with Crippen molar-refractivity contribution >= 4 is 11.3 Å². The first kappa shape index (κ1) is 13.7. The second-order valence-electron chi connectivity index (χ2n) is 5.37. The third-order valence-corrected chi connectivity index (χ3v) is 4.75. The van der Waals surface area contributed by atoms with Gasteiger partial charge < -0.3 is 0 Å². The minimum Gasteiger partial charge on any atom is -0.293 e. The summed E-state index contributed by atoms with van der Waals surface area (Å²) in [6.07, 6.45) is 8.20. The first-order chi connectivity index (χ1) is 9.85. The monoisotopic (exact) mass is 291 g/mol. The van der Waals surface area contributed by atoms with Gasteiger partial charge in [0.15, 0.2) is 0 Å². The van der Waals surface area contributed by atoms with Crippen LogP contribution in [-0.2, 0) is 19.5 Å². The van der Waals surface area contributed by atoms with Gasteiger partial charge in [0.1, 0.15) is 12.7 Å². The van der Waals surface area contributed by atoms with Crippen LogP contribution in [0.3, 0.4) is 0 Å². The highest BCUT2D eigenvalue weighted by Crippen LogP contribution is 2.22. The second kappa shape index (κ2) is 6.45. The fourth-order valence-corrected chi connectivity index (χ4v) is 3.70. The average molecular weight is 291 g/mol. The van der Waals surface area contributed by atoms with Gasteiger partial charge in [-0.1, -0.05) is 6.92 Å². The first-order valence-electron chi connectivity index (χ1n) is 7.35. The molecule has 20 heavy (non-hydrogen) atoms. The number of likely N-dealkylation sites (tertiary alicyclic amines) is 1. The molecule has 3 rings (SSSR count). The molecule has 1 atom stereocenters. The Morgan fingerprint density at radius 3 is 3.20 bits per heavy atom. The molecule has 0 saturated carbocycles. The minimum atomic E-state index is 0.563. The summed E-state index contributed by atoms with van der Waals surface area (Å²) in [6, 6.07) is 0.563. The lowest BCUT2D eigenvalue weighted by Gasteiger charge is -2.23. The molecule has 2 aromatic heterocycles. The average Bonchev–Trinajstić information content (AvgIpc) is 3.15. The van der Waals surface area contributed by atoms with E-state index in [0.29, 0.717) is 6.04 Å². The van der Waals surface area contributed by atoms with Crippen LogP contribution in [0, 0.1) is 0 Å². The molecule has 0 amide bonds. The van der Waals surface area contributed by atoms with E-state index in [-0.39, 0.29) is 0 Å². The van der Waals surface area contributed by atoms with Gasteiger partial charge in [-0.3, -0.25) is 9.58 Å². The van der Waals surface area contributed by atoms with Crippen molar-refractivity contribution in [1.29, 1.82) is 0 Å². The fraction of sp³-hybridized carbons (Fsp3) is 0.643. The summed E-state index contributed by atoms with van der Waals surface area (Å²) in [6.45, 7) is 5.28. The maximum absolute atomic E-state index is 4.74. The summed E-state index contributed by atoms with van der Waals surface area (Å²) in [5, 5.41) is 7.71. The van der Waals surface area contributed by atoms with E-state index in [2.05, 4.69) is 27.3 Å². The summed E-state index contributed by atoms with van der Waals surface area (Å²) < 4.78 is 1.94. The smallest absolute Gasteiger partial charge is 0.137 e. The molecule has 1 aliphatic rings. The predicted molar refractivity (Wildman–Crippen MR) is 79.6 cm³/mol. The summed E-state index contributed by atoms with van der Waals surface area (Å²) in [5.74, 6) is 0. The van der Waals surface area contributed by atoms with Crippen LogP contribution >= 0.6 is 11.3 Å². The van der Waals surface area contributed by atoms with Gasteiger partial charge in [-0.05, 0) is 32.2 Å². The van der Waals surface area contributed by atoms with Gasteiger partial charge in [-0.15, -0.1) is 11.3 Å². The van der Waals surface area contributed by atoms with E-state index in [1.165, 1.54) is 36.5 Å². The van der Waals surface area contributed by atoms with Gasteiger partial charge in [0, 0.05) is 18.0 Å². The molecule has 0 bridgehead atoms. The maximum Gasteiger partial charge on any atom is 0.137 e. The molecule has 0 unspecified atom stereocenters. The number of nitrogens with zero attached hydrogens (tertiary/aromatic N) is 5. The number of rotatable bonds is 6. The largest absolute Gasteiger partial charge is 0.293 e. The first-order valence-corrected chi connectivity index (χ1v) is 8.23. The third kappa shape index (κ3) is 3.24. The van der Waals surface area contributed by atoms with Crippen molar-refractivity contribution in [3.63, 3.8) is 0 Å². The zero-order valence-electron chi connectivity index (χ0n) is 11.9. The Hall–Kier alpha value is -1.27. The lowest BCUT2D eigenvalue weighted by Crippen LogP contribution is -2.32. The Labute approximate surface area is 123 Å². The maximum atomic E-state index is 4.74. The standard InChI is InChI=1S/C14H21N5S/c1-2-4-14-17-12(9-20-14)7-18-6-3-5-13(18)8-19-11-15-10-16-19/h9-11,13H,2-8H2,1H3/t13-/m0/s1. The van der Waals surface area contributed by atoms with E-state index >= 15 is 0 Å². The van der Waals surface area contributed by atoms with Gasteiger partial charge >= 0.3 is 0 Å². The highest BCUT2D eigenvalue weighted by Gasteiger charge is 2.25. The molecule has 6 heteroatoms. The number of thiazole rings is 1. The topological polar surface area (TPSA) is 46.8 Å². The zero-order valence-corrected chi connectivity index (χ0v) is 12.7. The second-order valence-corrected chi connectivity index (χ2v) is 6.31. The zero-order chi connectivity index (χ0) is 13.8. The molecule has 2 aromatic rings. The molecule has 0 radical (unpaired) electrons. The third-order valence-electron chi connectivity index (χ3n) is 3.79. The molecular weight excluding hydrogens is 270 g/mol. The molecule has 1 fully saturated rings. The molecule has 108 valence electrons. The summed E-state index contributed by atoms with van der Waals surface area (Å²) >= 11 is 1.80. The molecule has 0 aromatic carbocycles. The van der Waals surface area contributed by atoms with E-state index in [9.17, 15) is 0 Å². The lowest BCUT2D eigenvalue weighted by molar-refractivity contribution is 0.217. The van der Waals surface area contributed by atoms with Crippen LogP contribution in [0.15, 0.2) is 18.0 Å². The SMILES string of the molecule is CCCc1nc(CN2CCC[C@H]2Cn2cncn2)cs1. The van der Waals surface area contributed by atoms with Crippen LogP contribution in [-0.4, -0.2) is 37.2 Å². The highest BCUT2D eigenvalue weighted by atomic mass is 32.1. The molecule has 0 N–H and O–H groups in total. The van der Waals surface area contributed by atoms with Crippen molar-refractivity contribution in [2.24, 2.45) is 0 Å². The van der Waals surface area contributed by atoms with E-state index in [4.69, 9.17) is 4.98 Å². The predicted octanol–water partition coefficient (Wildman–Crippen LogP) is 2.35. The normalized spacial score (nSPS) is 19.8. The van der Waals surface area contributed by atoms with E-state index in [1.54, 1.807) is 24.0 Å². The van der Waals surface area contributed by atoms with Gasteiger partial charge in [0.25, 0.3) is 0 Å². The number of aromatic nitrogens is 4. The van der Waals surface area contributed by atoms with Crippen molar-refractivity contribution in [3.05, 3.63) is 28.7 Å². The molecule has 0 spiro atoms.